The maximum absolute atomic E-state index is 4.12. The van der Waals surface area contributed by atoms with Gasteiger partial charge in [0.05, 0.1) is 0 Å². The first kappa shape index (κ1) is 11.6. The fraction of sp³-hybridized carbons (Fsp3) is 0.643. The SMILES string of the molecule is Cc1cnccc1CCNC1CCCC1C. The smallest absolute Gasteiger partial charge is 0.0299 e. The van der Waals surface area contributed by atoms with E-state index in [1.165, 1.54) is 30.4 Å². The molecule has 0 saturated heterocycles. The zero-order valence-electron chi connectivity index (χ0n) is 10.4. The second-order valence-electron chi connectivity index (χ2n) is 5.02. The van der Waals surface area contributed by atoms with E-state index < -0.39 is 0 Å². The van der Waals surface area contributed by atoms with Crippen LogP contribution in [0.1, 0.15) is 37.3 Å². The number of hydrogen-bond donors (Lipinski definition) is 1. The van der Waals surface area contributed by atoms with Gasteiger partial charge in [0, 0.05) is 18.4 Å². The van der Waals surface area contributed by atoms with Gasteiger partial charge in [0.25, 0.3) is 0 Å². The fourth-order valence-electron chi connectivity index (χ4n) is 2.62. The number of rotatable bonds is 4. The van der Waals surface area contributed by atoms with Gasteiger partial charge in [-0.15, -0.1) is 0 Å². The molecule has 1 saturated carbocycles. The van der Waals surface area contributed by atoms with Gasteiger partial charge in [-0.1, -0.05) is 13.3 Å². The molecule has 0 radical (unpaired) electrons. The van der Waals surface area contributed by atoms with Crippen LogP contribution in [0.25, 0.3) is 0 Å². The Bertz CT molecular complexity index is 335. The van der Waals surface area contributed by atoms with Gasteiger partial charge in [0.2, 0.25) is 0 Å². The lowest BCUT2D eigenvalue weighted by molar-refractivity contribution is 0.430. The second kappa shape index (κ2) is 5.44. The van der Waals surface area contributed by atoms with Crippen LogP contribution in [0.15, 0.2) is 18.5 Å². The number of pyridine rings is 1. The Hall–Kier alpha value is -0.890. The Kier molecular flexibility index (Phi) is 3.94. The molecule has 0 aromatic carbocycles. The van der Waals surface area contributed by atoms with Crippen molar-refractivity contribution in [3.63, 3.8) is 0 Å². The van der Waals surface area contributed by atoms with Gasteiger partial charge in [0.15, 0.2) is 0 Å². The number of nitrogens with zero attached hydrogens (tertiary/aromatic N) is 1. The Labute approximate surface area is 98.5 Å². The van der Waals surface area contributed by atoms with E-state index in [0.717, 1.165) is 24.9 Å². The molecule has 2 heteroatoms. The van der Waals surface area contributed by atoms with Crippen molar-refractivity contribution in [3.8, 4) is 0 Å². The van der Waals surface area contributed by atoms with Crippen molar-refractivity contribution >= 4 is 0 Å². The molecule has 1 fully saturated rings. The lowest BCUT2D eigenvalue weighted by Gasteiger charge is -2.17. The van der Waals surface area contributed by atoms with Crippen LogP contribution in [0.3, 0.4) is 0 Å². The van der Waals surface area contributed by atoms with Crippen molar-refractivity contribution in [2.45, 2.75) is 45.6 Å². The van der Waals surface area contributed by atoms with Crippen molar-refractivity contribution in [2.75, 3.05) is 6.54 Å². The predicted molar refractivity (Wildman–Crippen MR) is 67.5 cm³/mol. The summed E-state index contributed by atoms with van der Waals surface area (Å²) in [7, 11) is 0. The number of nitrogens with one attached hydrogen (secondary N) is 1. The van der Waals surface area contributed by atoms with E-state index in [4.69, 9.17) is 0 Å². The van der Waals surface area contributed by atoms with Gasteiger partial charge in [0.1, 0.15) is 0 Å². The molecule has 1 N–H and O–H groups in total. The molecule has 2 unspecified atom stereocenters. The quantitative estimate of drug-likeness (QED) is 0.840. The number of aryl methyl sites for hydroxylation is 1. The molecule has 1 aromatic rings. The molecule has 0 bridgehead atoms. The third-order valence-corrected chi connectivity index (χ3v) is 3.80. The highest BCUT2D eigenvalue weighted by molar-refractivity contribution is 5.21. The molecule has 1 aliphatic carbocycles. The summed E-state index contributed by atoms with van der Waals surface area (Å²) in [5.74, 6) is 0.860. The topological polar surface area (TPSA) is 24.9 Å². The molecule has 0 amide bonds. The van der Waals surface area contributed by atoms with Crippen molar-refractivity contribution in [1.29, 1.82) is 0 Å². The van der Waals surface area contributed by atoms with E-state index in [2.05, 4.69) is 30.2 Å². The first-order valence-electron chi connectivity index (χ1n) is 6.40. The van der Waals surface area contributed by atoms with Gasteiger partial charge in [-0.2, -0.15) is 0 Å². The van der Waals surface area contributed by atoms with E-state index in [0.29, 0.717) is 0 Å². The van der Waals surface area contributed by atoms with Gasteiger partial charge >= 0.3 is 0 Å². The average molecular weight is 218 g/mol. The van der Waals surface area contributed by atoms with Gasteiger partial charge in [-0.25, -0.2) is 0 Å². The fourth-order valence-corrected chi connectivity index (χ4v) is 2.62. The van der Waals surface area contributed by atoms with Crippen LogP contribution >= 0.6 is 0 Å². The molecule has 2 rings (SSSR count). The van der Waals surface area contributed by atoms with Gasteiger partial charge < -0.3 is 5.32 Å². The van der Waals surface area contributed by atoms with Crippen molar-refractivity contribution in [3.05, 3.63) is 29.6 Å². The monoisotopic (exact) mass is 218 g/mol. The van der Waals surface area contributed by atoms with Crippen molar-refractivity contribution in [1.82, 2.24) is 10.3 Å². The van der Waals surface area contributed by atoms with Crippen molar-refractivity contribution < 1.29 is 0 Å². The largest absolute Gasteiger partial charge is 0.313 e. The molecule has 2 nitrogen and oxygen atoms in total. The lowest BCUT2D eigenvalue weighted by atomic mass is 10.1. The third kappa shape index (κ3) is 2.82. The first-order chi connectivity index (χ1) is 7.77. The molecule has 0 aliphatic heterocycles. The number of aromatic nitrogens is 1. The summed E-state index contributed by atoms with van der Waals surface area (Å²) < 4.78 is 0. The van der Waals surface area contributed by atoms with Crippen LogP contribution in [0.4, 0.5) is 0 Å². The summed E-state index contributed by atoms with van der Waals surface area (Å²) in [6, 6.07) is 2.89. The normalized spacial score (nSPS) is 24.9. The molecular weight excluding hydrogens is 196 g/mol. The van der Waals surface area contributed by atoms with Gasteiger partial charge in [-0.3, -0.25) is 4.98 Å². The average Bonchev–Trinajstić information content (AvgIpc) is 2.67. The Morgan fingerprint density at radius 1 is 1.44 bits per heavy atom. The molecule has 1 aliphatic rings. The molecular formula is C14H22N2. The van der Waals surface area contributed by atoms with Gasteiger partial charge in [-0.05, 0) is 55.8 Å². The van der Waals surface area contributed by atoms with E-state index in [1.54, 1.807) is 0 Å². The minimum Gasteiger partial charge on any atom is -0.313 e. The second-order valence-corrected chi connectivity index (χ2v) is 5.02. The lowest BCUT2D eigenvalue weighted by Crippen LogP contribution is -2.32. The molecule has 1 aromatic heterocycles. The summed E-state index contributed by atoms with van der Waals surface area (Å²) in [6.45, 7) is 5.60. The van der Waals surface area contributed by atoms with Crippen LogP contribution in [-0.4, -0.2) is 17.6 Å². The zero-order chi connectivity index (χ0) is 11.4. The number of hydrogen-bond acceptors (Lipinski definition) is 2. The summed E-state index contributed by atoms with van der Waals surface area (Å²) in [5, 5.41) is 3.69. The molecule has 1 heterocycles. The van der Waals surface area contributed by atoms with Crippen LogP contribution in [0.5, 0.6) is 0 Å². The van der Waals surface area contributed by atoms with Crippen molar-refractivity contribution in [2.24, 2.45) is 5.92 Å². The maximum atomic E-state index is 4.12. The Morgan fingerprint density at radius 2 is 2.31 bits per heavy atom. The van der Waals surface area contributed by atoms with Crippen LogP contribution in [0.2, 0.25) is 0 Å². The highest BCUT2D eigenvalue weighted by Gasteiger charge is 2.22. The van der Waals surface area contributed by atoms with E-state index in [-0.39, 0.29) is 0 Å². The standard InChI is InChI=1S/C14H22N2/c1-11-4-3-5-14(11)16-9-7-13-6-8-15-10-12(13)2/h6,8,10-11,14,16H,3-5,7,9H2,1-2H3. The Morgan fingerprint density at radius 3 is 3.00 bits per heavy atom. The summed E-state index contributed by atoms with van der Waals surface area (Å²) >= 11 is 0. The molecule has 2 atom stereocenters. The summed E-state index contributed by atoms with van der Waals surface area (Å²) in [5.41, 5.74) is 2.73. The van der Waals surface area contributed by atoms with E-state index in [1.807, 2.05) is 12.4 Å². The minimum absolute atomic E-state index is 0.752. The first-order valence-corrected chi connectivity index (χ1v) is 6.40. The highest BCUT2D eigenvalue weighted by atomic mass is 14.9. The summed E-state index contributed by atoms with van der Waals surface area (Å²) in [4.78, 5) is 4.12. The predicted octanol–water partition coefficient (Wildman–Crippen LogP) is 2.71. The zero-order valence-corrected chi connectivity index (χ0v) is 10.4. The maximum Gasteiger partial charge on any atom is 0.0299 e. The Balaban J connectivity index is 1.78. The van der Waals surface area contributed by atoms with E-state index in [9.17, 15) is 0 Å². The highest BCUT2D eigenvalue weighted by Crippen LogP contribution is 2.24. The van der Waals surface area contributed by atoms with Crippen LogP contribution in [0, 0.1) is 12.8 Å². The molecule has 88 valence electrons. The third-order valence-electron chi connectivity index (χ3n) is 3.80. The molecule has 0 spiro atoms. The van der Waals surface area contributed by atoms with Crippen LogP contribution < -0.4 is 5.32 Å². The molecule has 16 heavy (non-hydrogen) atoms. The summed E-state index contributed by atoms with van der Waals surface area (Å²) in [6.07, 6.45) is 9.11. The van der Waals surface area contributed by atoms with Crippen LogP contribution in [-0.2, 0) is 6.42 Å². The van der Waals surface area contributed by atoms with E-state index >= 15 is 0 Å². The minimum atomic E-state index is 0.752.